The van der Waals surface area contributed by atoms with E-state index in [-0.39, 0.29) is 13.2 Å². The van der Waals surface area contributed by atoms with Crippen molar-refractivity contribution in [2.45, 2.75) is 12.2 Å². The highest BCUT2D eigenvalue weighted by Gasteiger charge is 2.09. The van der Waals surface area contributed by atoms with E-state index in [0.717, 1.165) is 5.56 Å². The smallest absolute Gasteiger partial charge is 0.119 e. The van der Waals surface area contributed by atoms with Gasteiger partial charge in [0, 0.05) is 13.1 Å². The van der Waals surface area contributed by atoms with Crippen LogP contribution in [0.3, 0.4) is 0 Å². The lowest BCUT2D eigenvalue weighted by molar-refractivity contribution is 0.0890. The lowest BCUT2D eigenvalue weighted by Gasteiger charge is -2.14. The number of aliphatic hydroxyl groups is 3. The molecule has 2 atom stereocenters. The van der Waals surface area contributed by atoms with Crippen molar-refractivity contribution in [2.24, 2.45) is 0 Å². The van der Waals surface area contributed by atoms with Crippen LogP contribution in [-0.4, -0.2) is 48.2 Å². The second-order valence-electron chi connectivity index (χ2n) is 3.79. The molecule has 0 aliphatic carbocycles. The Bertz CT molecular complexity index is 332. The molecule has 4 N–H and O–H groups in total. The van der Waals surface area contributed by atoms with Gasteiger partial charge in [-0.05, 0) is 17.7 Å². The van der Waals surface area contributed by atoms with Gasteiger partial charge in [-0.25, -0.2) is 0 Å². The molecule has 0 aliphatic rings. The van der Waals surface area contributed by atoms with Gasteiger partial charge in [0.1, 0.15) is 5.75 Å². The van der Waals surface area contributed by atoms with Crippen molar-refractivity contribution < 1.29 is 20.1 Å². The van der Waals surface area contributed by atoms with E-state index in [9.17, 15) is 5.11 Å². The van der Waals surface area contributed by atoms with Crippen LogP contribution >= 0.6 is 0 Å². The first-order chi connectivity index (χ1) is 8.17. The lowest BCUT2D eigenvalue weighted by Crippen LogP contribution is -2.32. The summed E-state index contributed by atoms with van der Waals surface area (Å²) in [6.45, 7) is 0.268. The summed E-state index contributed by atoms with van der Waals surface area (Å²) in [5.74, 6) is 0.692. The molecule has 2 unspecified atom stereocenters. The van der Waals surface area contributed by atoms with Crippen LogP contribution in [0.15, 0.2) is 24.3 Å². The molecular formula is C12H19NO4. The van der Waals surface area contributed by atoms with Gasteiger partial charge in [0.05, 0.1) is 25.9 Å². The van der Waals surface area contributed by atoms with Crippen LogP contribution < -0.4 is 10.1 Å². The molecule has 0 saturated heterocycles. The lowest BCUT2D eigenvalue weighted by atomic mass is 10.1. The van der Waals surface area contributed by atoms with Gasteiger partial charge in [-0.1, -0.05) is 12.1 Å². The highest BCUT2D eigenvalue weighted by atomic mass is 16.5. The molecule has 96 valence electrons. The van der Waals surface area contributed by atoms with Gasteiger partial charge in [0.25, 0.3) is 0 Å². The van der Waals surface area contributed by atoms with Crippen molar-refractivity contribution >= 4 is 0 Å². The van der Waals surface area contributed by atoms with E-state index >= 15 is 0 Å². The Morgan fingerprint density at radius 1 is 1.29 bits per heavy atom. The molecular weight excluding hydrogens is 222 g/mol. The summed E-state index contributed by atoms with van der Waals surface area (Å²) in [6.07, 6.45) is -1.47. The Balaban J connectivity index is 2.43. The average Bonchev–Trinajstić information content (AvgIpc) is 2.38. The Labute approximate surface area is 101 Å². The molecule has 0 aromatic heterocycles. The zero-order valence-corrected chi connectivity index (χ0v) is 9.84. The van der Waals surface area contributed by atoms with Crippen LogP contribution in [0.1, 0.15) is 11.7 Å². The Kier molecular flexibility index (Phi) is 5.93. The highest BCUT2D eigenvalue weighted by Crippen LogP contribution is 2.18. The first-order valence-electron chi connectivity index (χ1n) is 5.49. The number of nitrogens with one attached hydrogen (secondary N) is 1. The summed E-state index contributed by atoms with van der Waals surface area (Å²) < 4.78 is 5.06. The minimum Gasteiger partial charge on any atom is -0.497 e. The fraction of sp³-hybridized carbons (Fsp3) is 0.500. The molecule has 0 heterocycles. The number of hydrogen-bond donors (Lipinski definition) is 4. The molecule has 0 spiro atoms. The number of benzene rings is 1. The van der Waals surface area contributed by atoms with E-state index in [1.165, 1.54) is 0 Å². The molecule has 0 fully saturated rings. The number of ether oxygens (including phenoxy) is 1. The van der Waals surface area contributed by atoms with Crippen molar-refractivity contribution in [3.8, 4) is 5.75 Å². The Morgan fingerprint density at radius 2 is 2.06 bits per heavy atom. The summed E-state index contributed by atoms with van der Waals surface area (Å²) in [6, 6.07) is 7.17. The van der Waals surface area contributed by atoms with Crippen molar-refractivity contribution in [3.05, 3.63) is 29.8 Å². The van der Waals surface area contributed by atoms with Crippen LogP contribution in [-0.2, 0) is 0 Å². The number of methoxy groups -OCH3 is 1. The van der Waals surface area contributed by atoms with Crippen LogP contribution in [0.25, 0.3) is 0 Å². The molecule has 1 aromatic rings. The molecule has 17 heavy (non-hydrogen) atoms. The molecule has 1 rings (SSSR count). The third-order valence-corrected chi connectivity index (χ3v) is 2.41. The minimum atomic E-state index is -0.799. The van der Waals surface area contributed by atoms with E-state index in [1.54, 1.807) is 31.4 Å². The van der Waals surface area contributed by atoms with Crippen LogP contribution in [0.4, 0.5) is 0 Å². The summed E-state index contributed by atoms with van der Waals surface area (Å²) in [4.78, 5) is 0. The first kappa shape index (κ1) is 13.9. The van der Waals surface area contributed by atoms with Gasteiger partial charge >= 0.3 is 0 Å². The second-order valence-corrected chi connectivity index (χ2v) is 3.79. The molecule has 1 aromatic carbocycles. The summed E-state index contributed by atoms with van der Waals surface area (Å²) in [5, 5.41) is 30.5. The van der Waals surface area contributed by atoms with Gasteiger partial charge in [0.15, 0.2) is 0 Å². The maximum atomic E-state index is 9.86. The maximum absolute atomic E-state index is 9.86. The van der Waals surface area contributed by atoms with Gasteiger partial charge in [0.2, 0.25) is 0 Å². The van der Waals surface area contributed by atoms with Crippen LogP contribution in [0.2, 0.25) is 0 Å². The third-order valence-electron chi connectivity index (χ3n) is 2.41. The first-order valence-corrected chi connectivity index (χ1v) is 5.49. The zero-order chi connectivity index (χ0) is 12.7. The predicted octanol–water partition coefficient (Wildman–Crippen LogP) is -0.329. The van der Waals surface area contributed by atoms with E-state index < -0.39 is 12.2 Å². The molecule has 0 aliphatic heterocycles. The summed E-state index contributed by atoms with van der Waals surface area (Å²) in [7, 11) is 1.57. The van der Waals surface area contributed by atoms with Gasteiger partial charge < -0.3 is 25.4 Å². The summed E-state index contributed by atoms with van der Waals surface area (Å²) >= 11 is 0. The fourth-order valence-corrected chi connectivity index (χ4v) is 1.42. The Hall–Kier alpha value is -1.14. The van der Waals surface area contributed by atoms with E-state index in [4.69, 9.17) is 14.9 Å². The summed E-state index contributed by atoms with van der Waals surface area (Å²) in [5.41, 5.74) is 0.746. The average molecular weight is 241 g/mol. The molecule has 0 bridgehead atoms. The normalized spacial score (nSPS) is 14.4. The van der Waals surface area contributed by atoms with Crippen molar-refractivity contribution in [1.29, 1.82) is 0 Å². The van der Waals surface area contributed by atoms with Gasteiger partial charge in [-0.3, -0.25) is 0 Å². The van der Waals surface area contributed by atoms with E-state index in [2.05, 4.69) is 5.32 Å². The second kappa shape index (κ2) is 7.24. The van der Waals surface area contributed by atoms with E-state index in [1.807, 2.05) is 0 Å². The largest absolute Gasteiger partial charge is 0.497 e. The number of hydrogen-bond acceptors (Lipinski definition) is 5. The van der Waals surface area contributed by atoms with Crippen molar-refractivity contribution in [3.63, 3.8) is 0 Å². The monoisotopic (exact) mass is 241 g/mol. The fourth-order valence-electron chi connectivity index (χ4n) is 1.42. The topological polar surface area (TPSA) is 82.0 Å². The third kappa shape index (κ3) is 4.70. The van der Waals surface area contributed by atoms with Gasteiger partial charge in [-0.15, -0.1) is 0 Å². The van der Waals surface area contributed by atoms with Crippen LogP contribution in [0.5, 0.6) is 5.75 Å². The van der Waals surface area contributed by atoms with Crippen LogP contribution in [0, 0.1) is 0 Å². The number of rotatable bonds is 7. The molecule has 0 saturated carbocycles. The van der Waals surface area contributed by atoms with Gasteiger partial charge in [-0.2, -0.15) is 0 Å². The maximum Gasteiger partial charge on any atom is 0.119 e. The molecule has 0 amide bonds. The SMILES string of the molecule is COc1cccc(C(O)CNCC(O)CO)c1. The van der Waals surface area contributed by atoms with Crippen molar-refractivity contribution in [2.75, 3.05) is 26.8 Å². The minimum absolute atomic E-state index is 0.248. The van der Waals surface area contributed by atoms with Crippen molar-refractivity contribution in [1.82, 2.24) is 5.32 Å². The molecule has 5 heteroatoms. The number of aliphatic hydroxyl groups excluding tert-OH is 3. The highest BCUT2D eigenvalue weighted by molar-refractivity contribution is 5.29. The van der Waals surface area contributed by atoms with E-state index in [0.29, 0.717) is 12.3 Å². The molecule has 0 radical (unpaired) electrons. The quantitative estimate of drug-likeness (QED) is 0.525. The Morgan fingerprint density at radius 3 is 2.71 bits per heavy atom. The zero-order valence-electron chi connectivity index (χ0n) is 9.84. The standard InChI is InChI=1S/C12H19NO4/c1-17-11-4-2-3-9(5-11)12(16)7-13-6-10(15)8-14/h2-5,10,12-16H,6-8H2,1H3. The predicted molar refractivity (Wildman–Crippen MR) is 63.9 cm³/mol. The molecule has 5 nitrogen and oxygen atoms in total.